The van der Waals surface area contributed by atoms with Gasteiger partial charge in [-0.25, -0.2) is 4.98 Å². The smallest absolute Gasteiger partial charge is 0.164 e. The first-order valence-electron chi connectivity index (χ1n) is 16.3. The summed E-state index contributed by atoms with van der Waals surface area (Å²) in [5, 5.41) is 15.7. The Morgan fingerprint density at radius 3 is 2.13 bits per heavy atom. The van der Waals surface area contributed by atoms with Gasteiger partial charge in [0.15, 0.2) is 5.78 Å². The van der Waals surface area contributed by atoms with Gasteiger partial charge in [-0.05, 0) is 48.6 Å². The van der Waals surface area contributed by atoms with Gasteiger partial charge in [0.1, 0.15) is 12.1 Å². The topological polar surface area (TPSA) is 76.0 Å². The number of benzene rings is 2. The zero-order chi connectivity index (χ0) is 33.7. The molecule has 1 N–H and O–H groups in total. The van der Waals surface area contributed by atoms with Gasteiger partial charge in [-0.2, -0.15) is 0 Å². The molecule has 0 unspecified atom stereocenters. The SMILES string of the molecule is CC(C)(C)c1cc(-c2cc(-c3cncc4sccc34)ncn2)[c-]c2ccccc12.CCC(C)(CC)C(=O)/C=C(\O)C(C)(CC)CC.[Ir]. The van der Waals surface area contributed by atoms with Gasteiger partial charge in [0.2, 0.25) is 0 Å². The van der Waals surface area contributed by atoms with Crippen molar-refractivity contribution in [1.29, 1.82) is 0 Å². The summed E-state index contributed by atoms with van der Waals surface area (Å²) in [5.41, 5.74) is 4.49. The van der Waals surface area contributed by atoms with Crippen molar-refractivity contribution in [1.82, 2.24) is 15.0 Å². The average molecular weight is 827 g/mol. The number of pyridine rings is 1. The summed E-state index contributed by atoms with van der Waals surface area (Å²) in [6, 6.07) is 18.4. The second kappa shape index (κ2) is 15.8. The van der Waals surface area contributed by atoms with E-state index in [4.69, 9.17) is 0 Å². The Hall–Kier alpha value is -3.25. The van der Waals surface area contributed by atoms with Crippen LogP contribution in [0.1, 0.15) is 93.6 Å². The number of carbonyl (C=O) groups excluding carboxylic acids is 1. The Labute approximate surface area is 298 Å². The molecule has 251 valence electrons. The van der Waals surface area contributed by atoms with E-state index in [0.29, 0.717) is 0 Å². The summed E-state index contributed by atoms with van der Waals surface area (Å²) >= 11 is 1.69. The molecule has 3 aromatic heterocycles. The van der Waals surface area contributed by atoms with Crippen molar-refractivity contribution in [2.45, 2.75) is 93.4 Å². The maximum atomic E-state index is 12.2. The molecule has 0 amide bonds. The van der Waals surface area contributed by atoms with Crippen LogP contribution in [-0.4, -0.2) is 25.8 Å². The van der Waals surface area contributed by atoms with Crippen LogP contribution in [0.2, 0.25) is 0 Å². The number of hydrogen-bond acceptors (Lipinski definition) is 6. The van der Waals surface area contributed by atoms with Crippen LogP contribution in [0, 0.1) is 16.9 Å². The largest absolute Gasteiger partial charge is 0.512 e. The molecule has 3 heterocycles. The standard InChI is InChI=1S/C25H20N3S.C15H28O2.Ir/c1-25(2,3)21-11-17(10-16-6-4-5-7-18(16)21)22-12-23(28-15-27-22)20-13-26-14-24-19(20)8-9-29-24;1-7-14(5,8-2)12(16)11-13(17)15(6,9-3)10-4;/h4-9,11-15H,1-3H3;11,16H,7-10H2,1-6H3;/q-1;;/b;12-11-;. The summed E-state index contributed by atoms with van der Waals surface area (Å²) in [4.78, 5) is 25.7. The molecule has 0 fully saturated rings. The van der Waals surface area contributed by atoms with Crippen molar-refractivity contribution in [3.63, 3.8) is 0 Å². The van der Waals surface area contributed by atoms with Crippen molar-refractivity contribution in [2.75, 3.05) is 0 Å². The molecule has 5 nitrogen and oxygen atoms in total. The molecule has 7 heteroatoms. The molecule has 0 aliphatic rings. The van der Waals surface area contributed by atoms with Crippen molar-refractivity contribution in [3.8, 4) is 22.5 Å². The number of allylic oxidation sites excluding steroid dienone is 2. The first-order valence-corrected chi connectivity index (χ1v) is 17.2. The van der Waals surface area contributed by atoms with Gasteiger partial charge < -0.3 is 5.11 Å². The van der Waals surface area contributed by atoms with Gasteiger partial charge in [-0.15, -0.1) is 40.5 Å². The summed E-state index contributed by atoms with van der Waals surface area (Å²) in [6.07, 6.45) is 10.2. The average Bonchev–Trinajstić information content (AvgIpc) is 3.56. The van der Waals surface area contributed by atoms with E-state index in [2.05, 4.69) is 83.6 Å². The molecule has 0 spiro atoms. The number of aliphatic hydroxyl groups is 1. The molecule has 0 saturated heterocycles. The van der Waals surface area contributed by atoms with Crippen LogP contribution in [0.5, 0.6) is 0 Å². The van der Waals surface area contributed by atoms with Crippen LogP contribution in [-0.2, 0) is 30.3 Å². The van der Waals surface area contributed by atoms with Gasteiger partial charge in [-0.1, -0.05) is 91.5 Å². The van der Waals surface area contributed by atoms with Crippen LogP contribution < -0.4 is 0 Å². The second-order valence-electron chi connectivity index (χ2n) is 13.6. The van der Waals surface area contributed by atoms with Crippen LogP contribution in [0.25, 0.3) is 43.4 Å². The second-order valence-corrected chi connectivity index (χ2v) is 14.6. The fourth-order valence-electron chi connectivity index (χ4n) is 5.42. The van der Waals surface area contributed by atoms with E-state index in [0.717, 1.165) is 58.3 Å². The Morgan fingerprint density at radius 2 is 1.49 bits per heavy atom. The minimum atomic E-state index is -0.337. The number of nitrogens with zero attached hydrogens (tertiary/aromatic N) is 3. The summed E-state index contributed by atoms with van der Waals surface area (Å²) < 4.78 is 1.16. The van der Waals surface area contributed by atoms with Crippen LogP contribution in [0.15, 0.2) is 78.4 Å². The number of fused-ring (bicyclic) bond motifs is 2. The predicted molar refractivity (Wildman–Crippen MR) is 194 cm³/mol. The van der Waals surface area contributed by atoms with Gasteiger partial charge in [0, 0.05) is 66.0 Å². The number of thiophene rings is 1. The number of aromatic nitrogens is 3. The van der Waals surface area contributed by atoms with E-state index >= 15 is 0 Å². The third kappa shape index (κ3) is 8.43. The van der Waals surface area contributed by atoms with Crippen molar-refractivity contribution < 1.29 is 30.0 Å². The molecule has 1 radical (unpaired) electrons. The quantitative estimate of drug-likeness (QED) is 0.0910. The minimum absolute atomic E-state index is 0. The van der Waals surface area contributed by atoms with E-state index in [-0.39, 0.29) is 47.9 Å². The Morgan fingerprint density at radius 1 is 0.851 bits per heavy atom. The van der Waals surface area contributed by atoms with Crippen molar-refractivity contribution >= 4 is 38.0 Å². The minimum Gasteiger partial charge on any atom is -0.512 e. The number of ketones is 1. The summed E-state index contributed by atoms with van der Waals surface area (Å²) in [6.45, 7) is 18.8. The molecule has 0 saturated carbocycles. The molecule has 0 aliphatic carbocycles. The number of hydrogen-bond donors (Lipinski definition) is 1. The Balaban J connectivity index is 0.000000290. The molecule has 47 heavy (non-hydrogen) atoms. The Kier molecular flexibility index (Phi) is 12.8. The van der Waals surface area contributed by atoms with Crippen LogP contribution >= 0.6 is 11.3 Å². The molecular formula is C40H48IrN3O2S-. The molecular weight excluding hydrogens is 779 g/mol. The van der Waals surface area contributed by atoms with Gasteiger partial charge in [-0.3, -0.25) is 14.8 Å². The summed E-state index contributed by atoms with van der Waals surface area (Å²) in [7, 11) is 0. The molecule has 0 bridgehead atoms. The summed E-state index contributed by atoms with van der Waals surface area (Å²) in [5.74, 6) is 0.286. The van der Waals surface area contributed by atoms with Gasteiger partial charge in [0.05, 0.1) is 10.4 Å². The van der Waals surface area contributed by atoms with Crippen LogP contribution in [0.3, 0.4) is 0 Å². The molecule has 5 rings (SSSR count). The predicted octanol–water partition coefficient (Wildman–Crippen LogP) is 11.3. The third-order valence-electron chi connectivity index (χ3n) is 9.79. The number of aliphatic hydroxyl groups excluding tert-OH is 1. The zero-order valence-corrected chi connectivity index (χ0v) is 32.4. The fourth-order valence-corrected chi connectivity index (χ4v) is 6.20. The van der Waals surface area contributed by atoms with E-state index in [1.165, 1.54) is 22.4 Å². The molecule has 5 aromatic rings. The monoisotopic (exact) mass is 827 g/mol. The van der Waals surface area contributed by atoms with Gasteiger partial charge >= 0.3 is 0 Å². The van der Waals surface area contributed by atoms with Gasteiger partial charge in [0.25, 0.3) is 0 Å². The number of rotatable bonds is 9. The van der Waals surface area contributed by atoms with Crippen LogP contribution in [0.4, 0.5) is 0 Å². The molecule has 0 aliphatic heterocycles. The fraction of sp³-hybridized carbons (Fsp3) is 0.400. The van der Waals surface area contributed by atoms with E-state index in [1.807, 2.05) is 60.0 Å². The van der Waals surface area contributed by atoms with E-state index < -0.39 is 0 Å². The zero-order valence-electron chi connectivity index (χ0n) is 29.2. The third-order valence-corrected chi connectivity index (χ3v) is 10.6. The van der Waals surface area contributed by atoms with E-state index in [1.54, 1.807) is 17.7 Å². The maximum absolute atomic E-state index is 12.2. The first kappa shape index (κ1) is 38.2. The maximum Gasteiger partial charge on any atom is 0.164 e. The normalized spacial score (nSPS) is 12.4. The van der Waals surface area contributed by atoms with E-state index in [9.17, 15) is 9.90 Å². The van der Waals surface area contributed by atoms with Crippen molar-refractivity contribution in [3.05, 3.63) is 90.0 Å². The Bertz CT molecular complexity index is 1850. The molecule has 2 aromatic carbocycles. The van der Waals surface area contributed by atoms with Crippen molar-refractivity contribution in [2.24, 2.45) is 10.8 Å². The number of carbonyl (C=O) groups is 1. The molecule has 0 atom stereocenters. The first-order chi connectivity index (χ1) is 21.8.